The number of rotatable bonds is 2. The predicted octanol–water partition coefficient (Wildman–Crippen LogP) is -0.929. The van der Waals surface area contributed by atoms with Crippen molar-refractivity contribution in [3.8, 4) is 0 Å². The summed E-state index contributed by atoms with van der Waals surface area (Å²) in [6.45, 7) is 1.68. The van der Waals surface area contributed by atoms with Gasteiger partial charge in [-0.3, -0.25) is 0 Å². The van der Waals surface area contributed by atoms with Gasteiger partial charge in [-0.1, -0.05) is 0 Å². The lowest BCUT2D eigenvalue weighted by Gasteiger charge is -2.13. The molecule has 0 aromatic rings. The molecule has 3 heteroatoms. The first-order valence-electron chi connectivity index (χ1n) is 4.01. The molecular formula is C7H14N2O. The lowest BCUT2D eigenvalue weighted by molar-refractivity contribution is 0.162. The lowest BCUT2D eigenvalue weighted by Crippen LogP contribution is -2.40. The van der Waals surface area contributed by atoms with E-state index in [1.54, 1.807) is 0 Å². The van der Waals surface area contributed by atoms with Crippen molar-refractivity contribution in [2.45, 2.75) is 31.0 Å². The number of aliphatic hydroxyl groups excluding tert-OH is 1. The first kappa shape index (κ1) is 6.58. The van der Waals surface area contributed by atoms with E-state index >= 15 is 0 Å². The molecule has 1 aliphatic heterocycles. The Kier molecular flexibility index (Phi) is 1.64. The minimum absolute atomic E-state index is 0.166. The van der Waals surface area contributed by atoms with Crippen LogP contribution in [-0.2, 0) is 0 Å². The quantitative estimate of drug-likeness (QED) is 0.467. The Labute approximate surface area is 60.8 Å². The van der Waals surface area contributed by atoms with Gasteiger partial charge in [-0.25, -0.2) is 0 Å². The van der Waals surface area contributed by atoms with Crippen molar-refractivity contribution >= 4 is 0 Å². The van der Waals surface area contributed by atoms with Gasteiger partial charge in [0.25, 0.3) is 0 Å². The summed E-state index contributed by atoms with van der Waals surface area (Å²) < 4.78 is 0. The molecular weight excluding hydrogens is 128 g/mol. The predicted molar refractivity (Wildman–Crippen MR) is 38.8 cm³/mol. The molecule has 2 rings (SSSR count). The van der Waals surface area contributed by atoms with Crippen LogP contribution in [-0.4, -0.2) is 36.4 Å². The number of nitrogens with one attached hydrogen (secondary N) is 2. The van der Waals surface area contributed by atoms with Crippen LogP contribution in [0.25, 0.3) is 0 Å². The highest BCUT2D eigenvalue weighted by Crippen LogP contribution is 2.20. The van der Waals surface area contributed by atoms with E-state index in [2.05, 4.69) is 10.6 Å². The van der Waals surface area contributed by atoms with Crippen molar-refractivity contribution < 1.29 is 5.11 Å². The molecule has 0 radical (unpaired) electrons. The Morgan fingerprint density at radius 3 is 2.60 bits per heavy atom. The molecule has 1 heterocycles. The molecule has 1 saturated carbocycles. The standard InChI is InChI=1S/C7H14N2O/c10-7-4-8-3-6(7)9-5-1-2-5/h5-10H,1-4H2. The molecule has 2 atom stereocenters. The zero-order chi connectivity index (χ0) is 6.97. The third-order valence-corrected chi connectivity index (χ3v) is 2.21. The van der Waals surface area contributed by atoms with Gasteiger partial charge in [0.2, 0.25) is 0 Å². The van der Waals surface area contributed by atoms with Crippen LogP contribution in [0, 0.1) is 0 Å². The summed E-state index contributed by atoms with van der Waals surface area (Å²) in [4.78, 5) is 0. The van der Waals surface area contributed by atoms with Crippen molar-refractivity contribution in [2.75, 3.05) is 13.1 Å². The van der Waals surface area contributed by atoms with Gasteiger partial charge in [0, 0.05) is 25.2 Å². The van der Waals surface area contributed by atoms with Crippen LogP contribution in [0.4, 0.5) is 0 Å². The Bertz CT molecular complexity index is 125. The van der Waals surface area contributed by atoms with E-state index in [0.29, 0.717) is 12.1 Å². The van der Waals surface area contributed by atoms with E-state index in [4.69, 9.17) is 0 Å². The summed E-state index contributed by atoms with van der Waals surface area (Å²) in [5.41, 5.74) is 0. The van der Waals surface area contributed by atoms with Gasteiger partial charge in [-0.15, -0.1) is 0 Å². The summed E-state index contributed by atoms with van der Waals surface area (Å²) in [6, 6.07) is 1.02. The normalized spacial score (nSPS) is 40.5. The average Bonchev–Trinajstić information content (AvgIpc) is 2.62. The van der Waals surface area contributed by atoms with Crippen molar-refractivity contribution in [3.63, 3.8) is 0 Å². The van der Waals surface area contributed by atoms with E-state index in [1.807, 2.05) is 0 Å². The van der Waals surface area contributed by atoms with E-state index in [9.17, 15) is 5.11 Å². The van der Waals surface area contributed by atoms with E-state index in [0.717, 1.165) is 13.1 Å². The fourth-order valence-corrected chi connectivity index (χ4v) is 1.39. The second-order valence-corrected chi connectivity index (χ2v) is 3.27. The van der Waals surface area contributed by atoms with Crippen molar-refractivity contribution in [1.29, 1.82) is 0 Å². The van der Waals surface area contributed by atoms with Crippen molar-refractivity contribution in [1.82, 2.24) is 10.6 Å². The SMILES string of the molecule is OC1CNCC1NC1CC1. The Hall–Kier alpha value is -0.120. The van der Waals surface area contributed by atoms with E-state index in [-0.39, 0.29) is 6.10 Å². The summed E-state index contributed by atoms with van der Waals surface area (Å²) in [5.74, 6) is 0. The monoisotopic (exact) mass is 142 g/mol. The summed E-state index contributed by atoms with van der Waals surface area (Å²) in [7, 11) is 0. The van der Waals surface area contributed by atoms with E-state index in [1.165, 1.54) is 12.8 Å². The number of hydrogen-bond acceptors (Lipinski definition) is 3. The zero-order valence-corrected chi connectivity index (χ0v) is 6.01. The molecule has 3 nitrogen and oxygen atoms in total. The van der Waals surface area contributed by atoms with Gasteiger partial charge in [-0.05, 0) is 12.8 Å². The van der Waals surface area contributed by atoms with Crippen LogP contribution in [0.15, 0.2) is 0 Å². The van der Waals surface area contributed by atoms with Crippen LogP contribution < -0.4 is 10.6 Å². The Morgan fingerprint density at radius 1 is 1.30 bits per heavy atom. The van der Waals surface area contributed by atoms with Crippen LogP contribution in [0.3, 0.4) is 0 Å². The molecule has 1 saturated heterocycles. The molecule has 0 bridgehead atoms. The number of β-amino-alcohol motifs (C(OH)–C–C–N with tert-alkyl or cyclic N) is 1. The maximum Gasteiger partial charge on any atom is 0.0829 e. The largest absolute Gasteiger partial charge is 0.390 e. The second kappa shape index (κ2) is 2.49. The molecule has 0 spiro atoms. The van der Waals surface area contributed by atoms with Crippen LogP contribution in [0.2, 0.25) is 0 Å². The highest BCUT2D eigenvalue weighted by Gasteiger charge is 2.30. The van der Waals surface area contributed by atoms with Crippen molar-refractivity contribution in [2.24, 2.45) is 0 Å². The molecule has 2 aliphatic rings. The smallest absolute Gasteiger partial charge is 0.0829 e. The summed E-state index contributed by atoms with van der Waals surface area (Å²) in [6.07, 6.45) is 2.42. The van der Waals surface area contributed by atoms with Gasteiger partial charge in [0.05, 0.1) is 6.10 Å². The van der Waals surface area contributed by atoms with Gasteiger partial charge in [0.1, 0.15) is 0 Å². The fraction of sp³-hybridized carbons (Fsp3) is 1.00. The third-order valence-electron chi connectivity index (χ3n) is 2.21. The molecule has 3 N–H and O–H groups in total. The minimum Gasteiger partial charge on any atom is -0.390 e. The van der Waals surface area contributed by atoms with Crippen LogP contribution in [0.1, 0.15) is 12.8 Å². The highest BCUT2D eigenvalue weighted by atomic mass is 16.3. The van der Waals surface area contributed by atoms with Gasteiger partial charge < -0.3 is 15.7 Å². The topological polar surface area (TPSA) is 44.3 Å². The molecule has 2 fully saturated rings. The first-order valence-corrected chi connectivity index (χ1v) is 4.01. The molecule has 58 valence electrons. The Morgan fingerprint density at radius 2 is 2.10 bits per heavy atom. The minimum atomic E-state index is -0.166. The van der Waals surface area contributed by atoms with Crippen LogP contribution in [0.5, 0.6) is 0 Å². The second-order valence-electron chi connectivity index (χ2n) is 3.27. The molecule has 0 aromatic heterocycles. The summed E-state index contributed by atoms with van der Waals surface area (Å²) >= 11 is 0. The average molecular weight is 142 g/mol. The maximum atomic E-state index is 9.34. The molecule has 0 amide bonds. The molecule has 2 unspecified atom stereocenters. The molecule has 0 aromatic carbocycles. The summed E-state index contributed by atoms with van der Waals surface area (Å²) in [5, 5.41) is 15.9. The first-order chi connectivity index (χ1) is 4.86. The number of hydrogen-bond donors (Lipinski definition) is 3. The maximum absolute atomic E-state index is 9.34. The zero-order valence-electron chi connectivity index (χ0n) is 6.01. The Balaban J connectivity index is 1.79. The van der Waals surface area contributed by atoms with Gasteiger partial charge in [0.15, 0.2) is 0 Å². The van der Waals surface area contributed by atoms with Crippen molar-refractivity contribution in [3.05, 3.63) is 0 Å². The van der Waals surface area contributed by atoms with Gasteiger partial charge >= 0.3 is 0 Å². The number of aliphatic hydroxyl groups is 1. The molecule has 10 heavy (non-hydrogen) atoms. The highest BCUT2D eigenvalue weighted by molar-refractivity contribution is 4.92. The van der Waals surface area contributed by atoms with Crippen LogP contribution >= 0.6 is 0 Å². The molecule has 1 aliphatic carbocycles. The third kappa shape index (κ3) is 1.31. The lowest BCUT2D eigenvalue weighted by atomic mass is 10.2. The van der Waals surface area contributed by atoms with Gasteiger partial charge in [-0.2, -0.15) is 0 Å². The van der Waals surface area contributed by atoms with E-state index < -0.39 is 0 Å². The fourth-order valence-electron chi connectivity index (χ4n) is 1.39.